The Morgan fingerprint density at radius 2 is 2.16 bits per heavy atom. The maximum Gasteiger partial charge on any atom is 0.220 e. The smallest absolute Gasteiger partial charge is 0.220 e. The van der Waals surface area contributed by atoms with Crippen molar-refractivity contribution in [3.8, 4) is 0 Å². The van der Waals surface area contributed by atoms with Gasteiger partial charge in [-0.15, -0.1) is 12.4 Å². The molecule has 4 nitrogen and oxygen atoms in total. The minimum absolute atomic E-state index is 0. The molecule has 0 spiro atoms. The molecule has 5 heteroatoms. The Morgan fingerprint density at radius 1 is 1.32 bits per heavy atom. The quantitative estimate of drug-likeness (QED) is 0.785. The van der Waals surface area contributed by atoms with Crippen molar-refractivity contribution in [2.75, 3.05) is 19.6 Å². The Kier molecular flexibility index (Phi) is 7.73. The molecule has 0 bridgehead atoms. The SMILES string of the molecule is CC1CCC(CCC(=O)NCCC2CCNC2)O1.Cl. The number of rotatable bonds is 6. The zero-order valence-corrected chi connectivity index (χ0v) is 12.6. The van der Waals surface area contributed by atoms with E-state index in [1.807, 2.05) is 0 Å². The summed E-state index contributed by atoms with van der Waals surface area (Å²) in [5.74, 6) is 0.938. The van der Waals surface area contributed by atoms with Crippen LogP contribution in [0.3, 0.4) is 0 Å². The van der Waals surface area contributed by atoms with Crippen molar-refractivity contribution in [1.29, 1.82) is 0 Å². The Labute approximate surface area is 122 Å². The Balaban J connectivity index is 0.00000180. The first-order valence-electron chi connectivity index (χ1n) is 7.37. The number of ether oxygens (including phenoxy) is 1. The molecule has 0 aromatic rings. The fraction of sp³-hybridized carbons (Fsp3) is 0.929. The lowest BCUT2D eigenvalue weighted by Crippen LogP contribution is -2.27. The number of hydrogen-bond donors (Lipinski definition) is 2. The molecule has 19 heavy (non-hydrogen) atoms. The lowest BCUT2D eigenvalue weighted by molar-refractivity contribution is -0.121. The summed E-state index contributed by atoms with van der Waals surface area (Å²) in [7, 11) is 0. The molecule has 2 saturated heterocycles. The molecular formula is C14H27ClN2O2. The van der Waals surface area contributed by atoms with Gasteiger partial charge in [0.25, 0.3) is 0 Å². The van der Waals surface area contributed by atoms with Crippen LogP contribution in [0.1, 0.15) is 45.4 Å². The van der Waals surface area contributed by atoms with Gasteiger partial charge < -0.3 is 15.4 Å². The zero-order chi connectivity index (χ0) is 12.8. The molecule has 2 aliphatic rings. The van der Waals surface area contributed by atoms with Crippen LogP contribution in [0.15, 0.2) is 0 Å². The van der Waals surface area contributed by atoms with Crippen LogP contribution in [-0.4, -0.2) is 37.7 Å². The minimum Gasteiger partial charge on any atom is -0.375 e. The van der Waals surface area contributed by atoms with Crippen LogP contribution in [0.5, 0.6) is 0 Å². The van der Waals surface area contributed by atoms with Crippen LogP contribution in [0, 0.1) is 5.92 Å². The highest BCUT2D eigenvalue weighted by molar-refractivity contribution is 5.85. The van der Waals surface area contributed by atoms with E-state index < -0.39 is 0 Å². The van der Waals surface area contributed by atoms with Crippen molar-refractivity contribution in [1.82, 2.24) is 10.6 Å². The summed E-state index contributed by atoms with van der Waals surface area (Å²) >= 11 is 0. The number of halogens is 1. The van der Waals surface area contributed by atoms with Crippen molar-refractivity contribution in [2.24, 2.45) is 5.92 Å². The topological polar surface area (TPSA) is 50.4 Å². The van der Waals surface area contributed by atoms with Gasteiger partial charge in [0, 0.05) is 13.0 Å². The monoisotopic (exact) mass is 290 g/mol. The molecule has 2 fully saturated rings. The fourth-order valence-electron chi connectivity index (χ4n) is 2.85. The third-order valence-electron chi connectivity index (χ3n) is 4.05. The summed E-state index contributed by atoms with van der Waals surface area (Å²) < 4.78 is 5.71. The molecular weight excluding hydrogens is 264 g/mol. The molecule has 2 N–H and O–H groups in total. The number of amides is 1. The highest BCUT2D eigenvalue weighted by Gasteiger charge is 2.22. The summed E-state index contributed by atoms with van der Waals surface area (Å²) in [4.78, 5) is 11.7. The van der Waals surface area contributed by atoms with E-state index in [0.29, 0.717) is 18.6 Å². The Morgan fingerprint density at radius 3 is 2.79 bits per heavy atom. The molecule has 3 atom stereocenters. The van der Waals surface area contributed by atoms with Crippen LogP contribution >= 0.6 is 12.4 Å². The number of carbonyl (C=O) groups excluding carboxylic acids is 1. The Bertz CT molecular complexity index is 270. The molecule has 112 valence electrons. The van der Waals surface area contributed by atoms with E-state index in [1.54, 1.807) is 0 Å². The predicted octanol–water partition coefficient (Wildman–Crippen LogP) is 1.87. The molecule has 2 heterocycles. The van der Waals surface area contributed by atoms with E-state index in [0.717, 1.165) is 51.2 Å². The van der Waals surface area contributed by atoms with Gasteiger partial charge in [-0.05, 0) is 58.0 Å². The van der Waals surface area contributed by atoms with E-state index in [2.05, 4.69) is 17.6 Å². The predicted molar refractivity (Wildman–Crippen MR) is 78.7 cm³/mol. The minimum atomic E-state index is 0. The van der Waals surface area contributed by atoms with Crippen LogP contribution in [0.2, 0.25) is 0 Å². The van der Waals surface area contributed by atoms with Gasteiger partial charge >= 0.3 is 0 Å². The third-order valence-corrected chi connectivity index (χ3v) is 4.05. The van der Waals surface area contributed by atoms with Gasteiger partial charge in [-0.25, -0.2) is 0 Å². The van der Waals surface area contributed by atoms with Gasteiger partial charge in [-0.3, -0.25) is 4.79 Å². The van der Waals surface area contributed by atoms with E-state index in [-0.39, 0.29) is 18.3 Å². The zero-order valence-electron chi connectivity index (χ0n) is 11.8. The molecule has 0 saturated carbocycles. The first kappa shape index (κ1) is 16.7. The summed E-state index contributed by atoms with van der Waals surface area (Å²) in [6.45, 7) is 5.18. The second-order valence-electron chi connectivity index (χ2n) is 5.68. The average molecular weight is 291 g/mol. The lowest BCUT2D eigenvalue weighted by Gasteiger charge is -2.12. The third kappa shape index (κ3) is 6.11. The first-order chi connectivity index (χ1) is 8.74. The van der Waals surface area contributed by atoms with Gasteiger partial charge in [-0.2, -0.15) is 0 Å². The highest BCUT2D eigenvalue weighted by Crippen LogP contribution is 2.22. The first-order valence-corrected chi connectivity index (χ1v) is 7.37. The van der Waals surface area contributed by atoms with Crippen molar-refractivity contribution >= 4 is 18.3 Å². The largest absolute Gasteiger partial charge is 0.375 e. The second-order valence-corrected chi connectivity index (χ2v) is 5.68. The summed E-state index contributed by atoms with van der Waals surface area (Å²) in [6, 6.07) is 0. The number of hydrogen-bond acceptors (Lipinski definition) is 3. The lowest BCUT2D eigenvalue weighted by atomic mass is 10.1. The van der Waals surface area contributed by atoms with Gasteiger partial charge in [-0.1, -0.05) is 0 Å². The van der Waals surface area contributed by atoms with Crippen LogP contribution in [0.4, 0.5) is 0 Å². The standard InChI is InChI=1S/C14H26N2O2.ClH/c1-11-2-3-13(18-11)4-5-14(17)16-9-7-12-6-8-15-10-12;/h11-13,15H,2-10H2,1H3,(H,16,17);1H. The summed E-state index contributed by atoms with van der Waals surface area (Å²) in [5, 5.41) is 6.37. The number of nitrogens with one attached hydrogen (secondary N) is 2. The highest BCUT2D eigenvalue weighted by atomic mass is 35.5. The van der Waals surface area contributed by atoms with Gasteiger partial charge in [0.15, 0.2) is 0 Å². The molecule has 3 unspecified atom stereocenters. The van der Waals surface area contributed by atoms with E-state index in [9.17, 15) is 4.79 Å². The maximum absolute atomic E-state index is 11.7. The van der Waals surface area contributed by atoms with E-state index >= 15 is 0 Å². The van der Waals surface area contributed by atoms with Crippen molar-refractivity contribution in [3.63, 3.8) is 0 Å². The molecule has 0 aromatic heterocycles. The second kappa shape index (κ2) is 8.77. The van der Waals surface area contributed by atoms with E-state index in [4.69, 9.17) is 4.74 Å². The normalized spacial score (nSPS) is 30.1. The molecule has 0 aromatic carbocycles. The van der Waals surface area contributed by atoms with Crippen molar-refractivity contribution in [3.05, 3.63) is 0 Å². The van der Waals surface area contributed by atoms with Crippen molar-refractivity contribution in [2.45, 2.75) is 57.7 Å². The average Bonchev–Trinajstić information content (AvgIpc) is 2.98. The van der Waals surface area contributed by atoms with Gasteiger partial charge in [0.1, 0.15) is 0 Å². The van der Waals surface area contributed by atoms with E-state index in [1.165, 1.54) is 6.42 Å². The molecule has 0 radical (unpaired) electrons. The van der Waals surface area contributed by atoms with Crippen molar-refractivity contribution < 1.29 is 9.53 Å². The molecule has 2 rings (SSSR count). The summed E-state index contributed by atoms with van der Waals surface area (Å²) in [5.41, 5.74) is 0. The fourth-order valence-corrected chi connectivity index (χ4v) is 2.85. The molecule has 0 aliphatic carbocycles. The molecule has 1 amide bonds. The summed E-state index contributed by atoms with van der Waals surface area (Å²) in [6.07, 6.45) is 6.79. The molecule has 2 aliphatic heterocycles. The van der Waals surface area contributed by atoms with Crippen LogP contribution in [0.25, 0.3) is 0 Å². The van der Waals surface area contributed by atoms with Gasteiger partial charge in [0.05, 0.1) is 12.2 Å². The maximum atomic E-state index is 11.7. The Hall–Kier alpha value is -0.320. The number of carbonyl (C=O) groups is 1. The van der Waals surface area contributed by atoms with Crippen LogP contribution < -0.4 is 10.6 Å². The van der Waals surface area contributed by atoms with Gasteiger partial charge in [0.2, 0.25) is 5.91 Å². The van der Waals surface area contributed by atoms with Crippen LogP contribution in [-0.2, 0) is 9.53 Å².